The van der Waals surface area contributed by atoms with Gasteiger partial charge >= 0.3 is 0 Å². The Bertz CT molecular complexity index is 448. The monoisotopic (exact) mass is 188 g/mol. The molecule has 2 rings (SSSR count). The average Bonchev–Trinajstić information content (AvgIpc) is 2.65. The highest BCUT2D eigenvalue weighted by molar-refractivity contribution is 6.08. The SMILES string of the molecule is Cc1onnc1C(=O)c1ccccc1. The summed E-state index contributed by atoms with van der Waals surface area (Å²) in [7, 11) is 0. The summed E-state index contributed by atoms with van der Waals surface area (Å²) < 4.78 is 4.73. The maximum atomic E-state index is 11.8. The lowest BCUT2D eigenvalue weighted by molar-refractivity contribution is 0.103. The van der Waals surface area contributed by atoms with Crippen molar-refractivity contribution in [2.45, 2.75) is 6.92 Å². The normalized spacial score (nSPS) is 10.1. The Kier molecular flexibility index (Phi) is 2.10. The van der Waals surface area contributed by atoms with Crippen LogP contribution >= 0.6 is 0 Å². The molecule has 0 N–H and O–H groups in total. The lowest BCUT2D eigenvalue weighted by atomic mass is 10.1. The van der Waals surface area contributed by atoms with Crippen molar-refractivity contribution in [3.8, 4) is 0 Å². The quantitative estimate of drug-likeness (QED) is 0.672. The fraction of sp³-hybridized carbons (Fsp3) is 0.100. The van der Waals surface area contributed by atoms with Gasteiger partial charge in [0.2, 0.25) is 5.78 Å². The minimum atomic E-state index is -0.163. The minimum Gasteiger partial charge on any atom is -0.342 e. The molecule has 14 heavy (non-hydrogen) atoms. The van der Waals surface area contributed by atoms with E-state index < -0.39 is 0 Å². The number of aryl methyl sites for hydroxylation is 1. The van der Waals surface area contributed by atoms with Gasteiger partial charge in [-0.05, 0) is 6.92 Å². The number of carbonyl (C=O) groups is 1. The van der Waals surface area contributed by atoms with Crippen molar-refractivity contribution < 1.29 is 9.32 Å². The number of aromatic nitrogens is 2. The highest BCUT2D eigenvalue weighted by Gasteiger charge is 2.16. The molecule has 4 nitrogen and oxygen atoms in total. The molecule has 1 heterocycles. The Balaban J connectivity index is 2.39. The van der Waals surface area contributed by atoms with Crippen molar-refractivity contribution in [1.29, 1.82) is 0 Å². The van der Waals surface area contributed by atoms with Gasteiger partial charge in [0.1, 0.15) is 0 Å². The summed E-state index contributed by atoms with van der Waals surface area (Å²) in [5.74, 6) is 0.281. The number of benzene rings is 1. The molecule has 0 spiro atoms. The second kappa shape index (κ2) is 3.41. The number of hydrogen-bond acceptors (Lipinski definition) is 4. The first-order valence-corrected chi connectivity index (χ1v) is 4.18. The largest absolute Gasteiger partial charge is 0.342 e. The summed E-state index contributed by atoms with van der Waals surface area (Å²) in [4.78, 5) is 11.8. The fourth-order valence-corrected chi connectivity index (χ4v) is 1.17. The van der Waals surface area contributed by atoms with Gasteiger partial charge in [-0.3, -0.25) is 4.79 Å². The van der Waals surface area contributed by atoms with Gasteiger partial charge in [0.25, 0.3) is 0 Å². The molecule has 70 valence electrons. The molecule has 0 fully saturated rings. The molecule has 0 atom stereocenters. The van der Waals surface area contributed by atoms with Crippen LogP contribution in [0.25, 0.3) is 0 Å². The predicted octanol–water partition coefficient (Wildman–Crippen LogP) is 1.61. The lowest BCUT2D eigenvalue weighted by Crippen LogP contribution is -2.03. The third-order valence-electron chi connectivity index (χ3n) is 1.90. The van der Waals surface area contributed by atoms with Gasteiger partial charge in [-0.25, -0.2) is 0 Å². The predicted molar refractivity (Wildman–Crippen MR) is 48.9 cm³/mol. The molecule has 0 aliphatic rings. The van der Waals surface area contributed by atoms with Crippen LogP contribution in [0.3, 0.4) is 0 Å². The maximum Gasteiger partial charge on any atom is 0.216 e. The summed E-state index contributed by atoms with van der Waals surface area (Å²) in [6.07, 6.45) is 0. The van der Waals surface area contributed by atoms with E-state index in [-0.39, 0.29) is 11.5 Å². The van der Waals surface area contributed by atoms with E-state index >= 15 is 0 Å². The van der Waals surface area contributed by atoms with E-state index in [0.717, 1.165) is 0 Å². The van der Waals surface area contributed by atoms with Crippen molar-refractivity contribution >= 4 is 5.78 Å². The molecule has 0 unspecified atom stereocenters. The summed E-state index contributed by atoms with van der Waals surface area (Å²) in [5.41, 5.74) is 0.863. The zero-order valence-corrected chi connectivity index (χ0v) is 7.60. The molecule has 4 heteroatoms. The second-order valence-electron chi connectivity index (χ2n) is 2.87. The van der Waals surface area contributed by atoms with Crippen LogP contribution in [0.4, 0.5) is 0 Å². The first kappa shape index (κ1) is 8.62. The van der Waals surface area contributed by atoms with E-state index in [1.807, 2.05) is 6.07 Å². The summed E-state index contributed by atoms with van der Waals surface area (Å²) in [6, 6.07) is 8.92. The van der Waals surface area contributed by atoms with Crippen molar-refractivity contribution in [2.75, 3.05) is 0 Å². The van der Waals surface area contributed by atoms with Crippen LogP contribution in [-0.4, -0.2) is 16.2 Å². The molecular weight excluding hydrogens is 180 g/mol. The number of hydrogen-bond donors (Lipinski definition) is 0. The zero-order valence-electron chi connectivity index (χ0n) is 7.60. The Morgan fingerprint density at radius 1 is 1.29 bits per heavy atom. The van der Waals surface area contributed by atoms with Gasteiger partial charge in [0.05, 0.1) is 0 Å². The molecule has 2 aromatic rings. The third kappa shape index (κ3) is 1.42. The Hall–Kier alpha value is -1.97. The second-order valence-corrected chi connectivity index (χ2v) is 2.87. The first-order valence-electron chi connectivity index (χ1n) is 4.18. The third-order valence-corrected chi connectivity index (χ3v) is 1.90. The molecule has 0 bridgehead atoms. The smallest absolute Gasteiger partial charge is 0.216 e. The molecule has 0 radical (unpaired) electrons. The maximum absolute atomic E-state index is 11.8. The number of rotatable bonds is 2. The summed E-state index contributed by atoms with van der Waals surface area (Å²) in [6.45, 7) is 1.66. The van der Waals surface area contributed by atoms with Crippen molar-refractivity contribution in [1.82, 2.24) is 10.4 Å². The van der Waals surface area contributed by atoms with Crippen LogP contribution in [0.15, 0.2) is 34.9 Å². The van der Waals surface area contributed by atoms with Crippen LogP contribution in [0.2, 0.25) is 0 Å². The van der Waals surface area contributed by atoms with Crippen molar-refractivity contribution in [3.63, 3.8) is 0 Å². The fourth-order valence-electron chi connectivity index (χ4n) is 1.17. The van der Waals surface area contributed by atoms with Crippen molar-refractivity contribution in [2.24, 2.45) is 0 Å². The first-order chi connectivity index (χ1) is 6.79. The Morgan fingerprint density at radius 3 is 2.57 bits per heavy atom. The van der Waals surface area contributed by atoms with E-state index in [4.69, 9.17) is 4.52 Å². The van der Waals surface area contributed by atoms with E-state index in [0.29, 0.717) is 11.3 Å². The van der Waals surface area contributed by atoms with Gasteiger partial charge in [-0.2, -0.15) is 0 Å². The number of nitrogens with zero attached hydrogens (tertiary/aromatic N) is 2. The van der Waals surface area contributed by atoms with E-state index in [1.54, 1.807) is 31.2 Å². The van der Waals surface area contributed by atoms with E-state index in [9.17, 15) is 4.79 Å². The molecule has 1 aromatic carbocycles. The molecule has 0 saturated heterocycles. The van der Waals surface area contributed by atoms with Crippen LogP contribution in [0.1, 0.15) is 21.8 Å². The lowest BCUT2D eigenvalue weighted by Gasteiger charge is -1.95. The molecule has 0 aliphatic carbocycles. The van der Waals surface area contributed by atoms with Gasteiger partial charge in [0.15, 0.2) is 11.5 Å². The Morgan fingerprint density at radius 2 is 2.00 bits per heavy atom. The van der Waals surface area contributed by atoms with Crippen molar-refractivity contribution in [3.05, 3.63) is 47.3 Å². The van der Waals surface area contributed by atoms with Crippen LogP contribution in [0.5, 0.6) is 0 Å². The Labute approximate surface area is 80.5 Å². The van der Waals surface area contributed by atoms with Gasteiger partial charge < -0.3 is 4.52 Å². The number of carbonyl (C=O) groups excluding carboxylic acids is 1. The van der Waals surface area contributed by atoms with Gasteiger partial charge in [-0.1, -0.05) is 30.3 Å². The molecular formula is C10H8N2O2. The van der Waals surface area contributed by atoms with Crippen LogP contribution in [-0.2, 0) is 0 Å². The van der Waals surface area contributed by atoms with E-state index in [1.165, 1.54) is 0 Å². The highest BCUT2D eigenvalue weighted by Crippen LogP contribution is 2.10. The molecule has 1 aromatic heterocycles. The highest BCUT2D eigenvalue weighted by atomic mass is 16.5. The zero-order chi connectivity index (χ0) is 9.97. The average molecular weight is 188 g/mol. The summed E-state index contributed by atoms with van der Waals surface area (Å²) >= 11 is 0. The van der Waals surface area contributed by atoms with Crippen LogP contribution in [0, 0.1) is 6.92 Å². The summed E-state index contributed by atoms with van der Waals surface area (Å²) in [5, 5.41) is 6.95. The topological polar surface area (TPSA) is 56.0 Å². The minimum absolute atomic E-state index is 0.163. The molecule has 0 amide bonds. The van der Waals surface area contributed by atoms with Crippen LogP contribution < -0.4 is 0 Å². The van der Waals surface area contributed by atoms with Gasteiger partial charge in [-0.15, -0.1) is 5.10 Å². The van der Waals surface area contributed by atoms with E-state index in [2.05, 4.69) is 10.4 Å². The standard InChI is InChI=1S/C10H8N2O2/c1-7-9(11-12-14-7)10(13)8-5-3-2-4-6-8/h2-6H,1H3. The molecule has 0 saturated carbocycles. The molecule has 0 aliphatic heterocycles. The van der Waals surface area contributed by atoms with Gasteiger partial charge in [0, 0.05) is 10.8 Å². The number of ketones is 1.